The zero-order valence-corrected chi connectivity index (χ0v) is 14.0. The number of Topliss-reactive ketones (excluding diaryl/α,β-unsaturated/α-hetero) is 2. The summed E-state index contributed by atoms with van der Waals surface area (Å²) in [7, 11) is 0. The molecular weight excluding hydrogens is 292 g/mol. The van der Waals surface area contributed by atoms with Crippen molar-refractivity contribution in [3.05, 3.63) is 11.3 Å². The van der Waals surface area contributed by atoms with E-state index in [1.54, 1.807) is 0 Å². The van der Waals surface area contributed by atoms with Crippen LogP contribution in [-0.2, 0) is 9.59 Å². The number of hydrogen-bond donors (Lipinski definition) is 2. The van der Waals surface area contributed by atoms with E-state index in [2.05, 4.69) is 6.92 Å². The zero-order chi connectivity index (χ0) is 16.6. The molecule has 5 atom stereocenters. The molecule has 0 heterocycles. The highest BCUT2D eigenvalue weighted by molar-refractivity contribution is 5.95. The lowest BCUT2D eigenvalue weighted by atomic mass is 9.45. The molecule has 0 unspecified atom stereocenters. The maximum absolute atomic E-state index is 12.4. The van der Waals surface area contributed by atoms with Gasteiger partial charge in [0.1, 0.15) is 5.78 Å². The van der Waals surface area contributed by atoms with Crippen molar-refractivity contribution in [3.63, 3.8) is 0 Å². The number of aliphatic hydroxyl groups excluding tert-OH is 1. The van der Waals surface area contributed by atoms with E-state index in [1.165, 1.54) is 0 Å². The van der Waals surface area contributed by atoms with Crippen LogP contribution >= 0.6 is 0 Å². The Labute approximate surface area is 137 Å². The van der Waals surface area contributed by atoms with Gasteiger partial charge in [-0.05, 0) is 55.9 Å². The van der Waals surface area contributed by atoms with Gasteiger partial charge in [-0.2, -0.15) is 0 Å². The first-order valence-electron chi connectivity index (χ1n) is 8.95. The van der Waals surface area contributed by atoms with Crippen LogP contribution in [0.25, 0.3) is 0 Å². The lowest BCUT2D eigenvalue weighted by molar-refractivity contribution is -0.189. The largest absolute Gasteiger partial charge is 0.504 e. The standard InChI is InChI=1S/C19H26O4/c1-17-9-10-19(23)12(11(17)5-6-15(17)21)3-4-13-16(22)14(20)7-8-18(13,19)2/h11-12,22-23H,3-10H2,1-2H3/t11-,12-,17-,18-,19+/m0/s1. The highest BCUT2D eigenvalue weighted by Crippen LogP contribution is 2.66. The Morgan fingerprint density at radius 3 is 2.39 bits per heavy atom. The van der Waals surface area contributed by atoms with Crippen LogP contribution in [0.2, 0.25) is 0 Å². The van der Waals surface area contributed by atoms with Crippen molar-refractivity contribution in [2.24, 2.45) is 22.7 Å². The third-order valence-electron chi connectivity index (χ3n) is 7.99. The summed E-state index contributed by atoms with van der Waals surface area (Å²) in [6, 6.07) is 0. The number of carbonyl (C=O) groups excluding carboxylic acids is 2. The molecule has 4 aliphatic rings. The Morgan fingerprint density at radius 2 is 1.65 bits per heavy atom. The fourth-order valence-electron chi connectivity index (χ4n) is 6.40. The van der Waals surface area contributed by atoms with Crippen LogP contribution in [0.4, 0.5) is 0 Å². The van der Waals surface area contributed by atoms with Crippen LogP contribution in [0.3, 0.4) is 0 Å². The molecule has 0 saturated heterocycles. The first kappa shape index (κ1) is 15.4. The van der Waals surface area contributed by atoms with Gasteiger partial charge in [-0.1, -0.05) is 13.8 Å². The van der Waals surface area contributed by atoms with Crippen LogP contribution in [0, 0.1) is 22.7 Å². The number of aliphatic hydroxyl groups is 2. The van der Waals surface area contributed by atoms with Gasteiger partial charge in [-0.15, -0.1) is 0 Å². The van der Waals surface area contributed by atoms with Gasteiger partial charge in [0.15, 0.2) is 11.5 Å². The summed E-state index contributed by atoms with van der Waals surface area (Å²) in [5.41, 5.74) is -0.938. The van der Waals surface area contributed by atoms with E-state index in [-0.39, 0.29) is 28.8 Å². The van der Waals surface area contributed by atoms with Crippen LogP contribution in [-0.4, -0.2) is 27.4 Å². The summed E-state index contributed by atoms with van der Waals surface area (Å²) < 4.78 is 0. The maximum atomic E-state index is 12.4. The molecule has 3 fully saturated rings. The minimum absolute atomic E-state index is 0.0959. The number of hydrogen-bond acceptors (Lipinski definition) is 4. The van der Waals surface area contributed by atoms with Gasteiger partial charge in [-0.25, -0.2) is 0 Å². The third-order valence-corrected chi connectivity index (χ3v) is 7.99. The minimum Gasteiger partial charge on any atom is -0.504 e. The van der Waals surface area contributed by atoms with E-state index in [0.717, 1.165) is 24.8 Å². The lowest BCUT2D eigenvalue weighted by Gasteiger charge is -2.61. The fourth-order valence-corrected chi connectivity index (χ4v) is 6.40. The Kier molecular flexibility index (Phi) is 2.99. The Hall–Kier alpha value is -1.16. The van der Waals surface area contributed by atoms with Gasteiger partial charge < -0.3 is 10.2 Å². The second-order valence-corrected chi connectivity index (χ2v) is 8.64. The predicted molar refractivity (Wildman–Crippen MR) is 84.7 cm³/mol. The molecule has 0 spiro atoms. The number of fused-ring (bicyclic) bond motifs is 5. The van der Waals surface area contributed by atoms with Crippen molar-refractivity contribution < 1.29 is 19.8 Å². The van der Waals surface area contributed by atoms with Gasteiger partial charge in [-0.3, -0.25) is 9.59 Å². The van der Waals surface area contributed by atoms with E-state index in [0.29, 0.717) is 37.9 Å². The Morgan fingerprint density at radius 1 is 0.957 bits per heavy atom. The van der Waals surface area contributed by atoms with Gasteiger partial charge in [0, 0.05) is 23.7 Å². The maximum Gasteiger partial charge on any atom is 0.197 e. The lowest BCUT2D eigenvalue weighted by Crippen LogP contribution is -2.63. The molecule has 4 nitrogen and oxygen atoms in total. The third kappa shape index (κ3) is 1.66. The number of carbonyl (C=O) groups is 2. The fraction of sp³-hybridized carbons (Fsp3) is 0.789. The molecule has 0 aromatic heterocycles. The van der Waals surface area contributed by atoms with Crippen molar-refractivity contribution in [2.45, 2.75) is 70.8 Å². The van der Waals surface area contributed by atoms with Gasteiger partial charge >= 0.3 is 0 Å². The van der Waals surface area contributed by atoms with Crippen LogP contribution < -0.4 is 0 Å². The van der Waals surface area contributed by atoms with E-state index in [1.807, 2.05) is 6.92 Å². The molecule has 0 radical (unpaired) electrons. The van der Waals surface area contributed by atoms with Crippen molar-refractivity contribution in [1.82, 2.24) is 0 Å². The molecule has 0 amide bonds. The summed E-state index contributed by atoms with van der Waals surface area (Å²) in [5.74, 6) is 0.421. The van der Waals surface area contributed by atoms with Crippen molar-refractivity contribution in [2.75, 3.05) is 0 Å². The van der Waals surface area contributed by atoms with Crippen LogP contribution in [0.1, 0.15) is 65.2 Å². The van der Waals surface area contributed by atoms with E-state index in [4.69, 9.17) is 0 Å². The van der Waals surface area contributed by atoms with Gasteiger partial charge in [0.05, 0.1) is 5.60 Å². The molecule has 23 heavy (non-hydrogen) atoms. The van der Waals surface area contributed by atoms with E-state index in [9.17, 15) is 19.8 Å². The molecule has 3 saturated carbocycles. The monoisotopic (exact) mass is 318 g/mol. The SMILES string of the molecule is C[C@]12CCC(=O)C(O)=C1CC[C@H]1[C@@H]3CCC(=O)[C@@]3(C)CC[C@@]12O. The van der Waals surface area contributed by atoms with Gasteiger partial charge in [0.2, 0.25) is 0 Å². The topological polar surface area (TPSA) is 74.6 Å². The molecule has 0 bridgehead atoms. The Bertz CT molecular complexity index is 635. The van der Waals surface area contributed by atoms with Gasteiger partial charge in [0.25, 0.3) is 0 Å². The average molecular weight is 318 g/mol. The first-order valence-corrected chi connectivity index (χ1v) is 8.95. The Balaban J connectivity index is 1.80. The second-order valence-electron chi connectivity index (χ2n) is 8.64. The molecule has 0 aromatic carbocycles. The van der Waals surface area contributed by atoms with Crippen molar-refractivity contribution in [3.8, 4) is 0 Å². The molecule has 4 rings (SSSR count). The smallest absolute Gasteiger partial charge is 0.197 e. The predicted octanol–water partition coefficient (Wildman–Crippen LogP) is 3.09. The molecule has 0 aromatic rings. The summed E-state index contributed by atoms with van der Waals surface area (Å²) in [6.07, 6.45) is 5.18. The highest BCUT2D eigenvalue weighted by atomic mass is 16.3. The summed E-state index contributed by atoms with van der Waals surface area (Å²) >= 11 is 0. The molecule has 4 aliphatic carbocycles. The highest BCUT2D eigenvalue weighted by Gasteiger charge is 2.66. The number of ketones is 2. The van der Waals surface area contributed by atoms with Crippen molar-refractivity contribution >= 4 is 11.6 Å². The molecule has 2 N–H and O–H groups in total. The summed E-state index contributed by atoms with van der Waals surface area (Å²) in [6.45, 7) is 4.11. The molecule has 4 heteroatoms. The van der Waals surface area contributed by atoms with Crippen LogP contribution in [0.15, 0.2) is 11.3 Å². The summed E-state index contributed by atoms with van der Waals surface area (Å²) in [5, 5.41) is 22.0. The zero-order valence-electron chi connectivity index (χ0n) is 14.0. The number of rotatable bonds is 0. The molecule has 0 aliphatic heterocycles. The van der Waals surface area contributed by atoms with E-state index < -0.39 is 11.0 Å². The normalized spacial score (nSPS) is 49.7. The van der Waals surface area contributed by atoms with Crippen LogP contribution in [0.5, 0.6) is 0 Å². The van der Waals surface area contributed by atoms with Crippen molar-refractivity contribution in [1.29, 1.82) is 0 Å². The molecule has 126 valence electrons. The quantitative estimate of drug-likeness (QED) is 0.720. The first-order chi connectivity index (χ1) is 10.7. The second kappa shape index (κ2) is 4.47. The average Bonchev–Trinajstić information content (AvgIpc) is 2.81. The van der Waals surface area contributed by atoms with E-state index >= 15 is 0 Å². The minimum atomic E-state index is -0.899. The molecular formula is C19H26O4. The summed E-state index contributed by atoms with van der Waals surface area (Å²) in [4.78, 5) is 24.3.